The molecule has 0 N–H and O–H groups in total. The van der Waals surface area contributed by atoms with Crippen LogP contribution in [0.25, 0.3) is 11.2 Å². The van der Waals surface area contributed by atoms with Gasteiger partial charge in [-0.05, 0) is 20.5 Å². The van der Waals surface area contributed by atoms with E-state index < -0.39 is 40.0 Å². The van der Waals surface area contributed by atoms with Crippen molar-refractivity contribution in [2.75, 3.05) is 67.8 Å². The Hall–Kier alpha value is -2.30. The largest absolute Gasteiger partial charge is 0.382 e. The molecule has 38 heavy (non-hydrogen) atoms. The van der Waals surface area contributed by atoms with Crippen molar-refractivity contribution in [3.8, 4) is 6.07 Å². The molecule has 2 aromatic heterocycles. The second kappa shape index (κ2) is 13.7. The molecule has 0 radical (unpaired) electrons. The number of rotatable bonds is 13. The summed E-state index contributed by atoms with van der Waals surface area (Å²) in [5, 5.41) is 8.86. The predicted molar refractivity (Wildman–Crippen MR) is 142 cm³/mol. The summed E-state index contributed by atoms with van der Waals surface area (Å²) in [6, 6.07) is 2.06. The van der Waals surface area contributed by atoms with Crippen molar-refractivity contribution in [3.05, 3.63) is 12.7 Å². The Morgan fingerprint density at radius 3 is 2.97 bits per heavy atom. The Bertz CT molecular complexity index is 1180. The number of hydrogen-bond acceptors (Lipinski definition) is 11. The number of imidazole rings is 1. The zero-order valence-corrected chi connectivity index (χ0v) is 23.2. The van der Waals surface area contributed by atoms with Gasteiger partial charge in [0.2, 0.25) is 0 Å². The normalized spacial score (nSPS) is 27.2. The lowest BCUT2D eigenvalue weighted by Gasteiger charge is -2.27. The second-order valence-electron chi connectivity index (χ2n) is 9.36. The first-order valence-corrected chi connectivity index (χ1v) is 14.2. The third-order valence-electron chi connectivity index (χ3n) is 6.34. The van der Waals surface area contributed by atoms with Crippen molar-refractivity contribution in [2.45, 2.75) is 43.8 Å². The summed E-state index contributed by atoms with van der Waals surface area (Å²) in [5.74, 6) is 1.44. The van der Waals surface area contributed by atoms with Crippen molar-refractivity contribution >= 4 is 31.2 Å². The quantitative estimate of drug-likeness (QED) is 0.268. The number of amidine groups is 1. The third kappa shape index (κ3) is 6.82. The van der Waals surface area contributed by atoms with Gasteiger partial charge in [0.05, 0.1) is 41.4 Å². The lowest BCUT2D eigenvalue weighted by molar-refractivity contribution is -0.0738. The minimum absolute atomic E-state index is 0.0550. The number of nitriles is 1. The van der Waals surface area contributed by atoms with E-state index in [0.717, 1.165) is 25.2 Å². The monoisotopic (exact) mass is 551 g/mol. The Labute approximate surface area is 227 Å². The molecule has 0 spiro atoms. The number of fused-ring (bicyclic) bond motifs is 1. The molecule has 0 amide bonds. The maximum absolute atomic E-state index is 8.86. The molecule has 0 aromatic carbocycles. The zero-order valence-electron chi connectivity index (χ0n) is 24.3. The lowest BCUT2D eigenvalue weighted by Crippen LogP contribution is -2.38. The molecule has 2 aliphatic rings. The summed E-state index contributed by atoms with van der Waals surface area (Å²) < 4.78 is 46.9. The lowest BCUT2D eigenvalue weighted by atomic mass is 10.1. The van der Waals surface area contributed by atoms with Crippen LogP contribution in [0.1, 0.15) is 28.2 Å². The number of aromatic nitrogens is 4. The highest BCUT2D eigenvalue weighted by Gasteiger charge is 2.49. The van der Waals surface area contributed by atoms with Gasteiger partial charge >= 0.3 is 0 Å². The van der Waals surface area contributed by atoms with Gasteiger partial charge < -0.3 is 33.1 Å². The molecular formula is C24H37N8O5P. The number of likely N-dealkylation sites (N-methyl/N-ethyl adjacent to an activating group) is 1. The highest BCUT2D eigenvalue weighted by atomic mass is 31.2. The van der Waals surface area contributed by atoms with Crippen LogP contribution in [0.4, 0.5) is 5.82 Å². The summed E-state index contributed by atoms with van der Waals surface area (Å²) in [6.45, 7) is 4.01. The second-order valence-corrected chi connectivity index (χ2v) is 10.7. The van der Waals surface area contributed by atoms with Crippen LogP contribution in [0.3, 0.4) is 0 Å². The first kappa shape index (κ1) is 26.0. The molecule has 2 fully saturated rings. The summed E-state index contributed by atoms with van der Waals surface area (Å²) in [4.78, 5) is 22.4. The van der Waals surface area contributed by atoms with Crippen LogP contribution >= 0.6 is 8.38 Å². The van der Waals surface area contributed by atoms with Crippen LogP contribution in [-0.2, 0) is 23.3 Å². The third-order valence-corrected chi connectivity index (χ3v) is 7.42. The van der Waals surface area contributed by atoms with Crippen LogP contribution in [0, 0.1) is 11.3 Å². The van der Waals surface area contributed by atoms with E-state index in [1.54, 1.807) is 17.6 Å². The highest BCUT2D eigenvalue weighted by Crippen LogP contribution is 2.44. The van der Waals surface area contributed by atoms with E-state index in [-0.39, 0.29) is 19.6 Å². The van der Waals surface area contributed by atoms with Gasteiger partial charge in [0.25, 0.3) is 0 Å². The molecule has 208 valence electrons. The van der Waals surface area contributed by atoms with Crippen LogP contribution in [0.2, 0.25) is 0 Å². The van der Waals surface area contributed by atoms with Gasteiger partial charge in [-0.1, -0.05) is 0 Å². The molecule has 0 saturated carbocycles. The zero-order chi connectivity index (χ0) is 28.6. The first-order valence-electron chi connectivity index (χ1n) is 13.7. The maximum Gasteiger partial charge on any atom is 0.185 e. The smallest absolute Gasteiger partial charge is 0.185 e. The number of methoxy groups -OCH3 is 1. The molecule has 13 nitrogen and oxygen atoms in total. The van der Waals surface area contributed by atoms with Gasteiger partial charge in [-0.3, -0.25) is 4.57 Å². The fraction of sp³-hybridized carbons (Fsp3) is 0.708. The molecule has 2 aromatic rings. The fourth-order valence-electron chi connectivity index (χ4n) is 4.42. The minimum Gasteiger partial charge on any atom is -0.382 e. The van der Waals surface area contributed by atoms with E-state index in [0.29, 0.717) is 30.1 Å². The average molecular weight is 552 g/mol. The molecule has 0 bridgehead atoms. The van der Waals surface area contributed by atoms with Gasteiger partial charge in [-0.15, -0.1) is 0 Å². The molecule has 0 aliphatic carbocycles. The summed E-state index contributed by atoms with van der Waals surface area (Å²) in [6.07, 6.45) is 2.63. The average Bonchev–Trinajstić information content (AvgIpc) is 3.61. The SMILES string of the molecule is [2H]C([3H])OC[C@H]1O[C@@H](n2cnc3c(N=C4CCCN4C)ncnc32)[C@H](OCCN(C)C)[C@@H]1OP(C)OCCC#N. The number of hydrogen-bond donors (Lipinski definition) is 0. The molecular weight excluding hydrogens is 511 g/mol. The van der Waals surface area contributed by atoms with Crippen LogP contribution in [0.5, 0.6) is 0 Å². The van der Waals surface area contributed by atoms with Crippen molar-refractivity contribution in [1.82, 2.24) is 29.3 Å². The van der Waals surface area contributed by atoms with E-state index in [2.05, 4.69) is 25.9 Å². The van der Waals surface area contributed by atoms with E-state index in [9.17, 15) is 0 Å². The number of aliphatic imine (C=N–C) groups is 1. The van der Waals surface area contributed by atoms with Crippen molar-refractivity contribution in [2.24, 2.45) is 4.99 Å². The van der Waals surface area contributed by atoms with Gasteiger partial charge in [0.15, 0.2) is 31.6 Å². The Morgan fingerprint density at radius 2 is 2.24 bits per heavy atom. The van der Waals surface area contributed by atoms with E-state index in [1.807, 2.05) is 26.0 Å². The van der Waals surface area contributed by atoms with Gasteiger partial charge in [0, 0.05) is 40.3 Å². The molecule has 2 aliphatic heterocycles. The molecule has 2 saturated heterocycles. The molecule has 14 heteroatoms. The molecule has 2 unspecified atom stereocenters. The standard InChI is InChI=1S/C24H37N8O5P/c1-30(2)11-13-34-21-20(37-38(5)35-12-7-9-25)17(14-33-4)36-24(21)32-16-28-19-22(26-15-27-23(19)32)29-18-8-6-10-31(18)3/h15-17,20-21,24H,6-8,10-14H2,1-5H3/t17-,20-,21-,24-,38?/m1/s1/i4TD/t4?,17-,20-,21-,24-,38?. The maximum atomic E-state index is 8.86. The molecule has 4 rings (SSSR count). The highest BCUT2D eigenvalue weighted by molar-refractivity contribution is 7.46. The van der Waals surface area contributed by atoms with E-state index in [1.165, 1.54) is 6.33 Å². The Balaban J connectivity index is 1.66. The fourth-order valence-corrected chi connectivity index (χ4v) is 5.43. The van der Waals surface area contributed by atoms with Crippen molar-refractivity contribution < 1.29 is 26.0 Å². The van der Waals surface area contributed by atoms with Crippen LogP contribution < -0.4 is 0 Å². The number of nitrogens with zero attached hydrogens (tertiary/aromatic N) is 8. The predicted octanol–water partition coefficient (Wildman–Crippen LogP) is 2.33. The van der Waals surface area contributed by atoms with Gasteiger partial charge in [-0.2, -0.15) is 5.26 Å². The van der Waals surface area contributed by atoms with Crippen LogP contribution in [0.15, 0.2) is 17.6 Å². The topological polar surface area (TPSA) is 132 Å². The van der Waals surface area contributed by atoms with E-state index in [4.69, 9.17) is 36.3 Å². The Morgan fingerprint density at radius 1 is 1.37 bits per heavy atom. The first-order chi connectivity index (χ1) is 19.3. The van der Waals surface area contributed by atoms with Crippen molar-refractivity contribution in [3.63, 3.8) is 0 Å². The van der Waals surface area contributed by atoms with Gasteiger partial charge in [-0.25, -0.2) is 19.9 Å². The molecule has 6 atom stereocenters. The number of ether oxygens (including phenoxy) is 3. The number of likely N-dealkylation sites (tertiary alicyclic amines) is 1. The van der Waals surface area contributed by atoms with Gasteiger partial charge in [0.1, 0.15) is 30.5 Å². The van der Waals surface area contributed by atoms with Crippen molar-refractivity contribution in [1.29, 1.82) is 5.26 Å². The minimum atomic E-state index is -1.48. The summed E-state index contributed by atoms with van der Waals surface area (Å²) in [7, 11) is 3.06. The molecule has 4 heterocycles. The van der Waals surface area contributed by atoms with E-state index >= 15 is 0 Å². The Kier molecular flexibility index (Phi) is 9.33. The summed E-state index contributed by atoms with van der Waals surface area (Å²) in [5.41, 5.74) is 1.07. The van der Waals surface area contributed by atoms with Crippen LogP contribution in [-0.4, -0.2) is 121 Å². The summed E-state index contributed by atoms with van der Waals surface area (Å²) >= 11 is 0.